The van der Waals surface area contributed by atoms with E-state index in [1.165, 1.54) is 5.56 Å². The van der Waals surface area contributed by atoms with Gasteiger partial charge >= 0.3 is 0 Å². The minimum Gasteiger partial charge on any atom is -0.490 e. The van der Waals surface area contributed by atoms with E-state index in [-0.39, 0.29) is 5.54 Å². The maximum Gasteiger partial charge on any atom is 0.161 e. The average molecular weight is 263 g/mol. The van der Waals surface area contributed by atoms with Crippen LogP contribution in [0.4, 0.5) is 0 Å². The zero-order valence-corrected chi connectivity index (χ0v) is 11.2. The molecule has 1 aromatic carbocycles. The van der Waals surface area contributed by atoms with Crippen LogP contribution in [-0.4, -0.2) is 32.0 Å². The molecule has 0 saturated carbocycles. The minimum atomic E-state index is -0.141. The van der Waals surface area contributed by atoms with Crippen LogP contribution in [-0.2, 0) is 11.2 Å². The van der Waals surface area contributed by atoms with Gasteiger partial charge in [-0.05, 0) is 37.0 Å². The lowest BCUT2D eigenvalue weighted by molar-refractivity contribution is 0.0533. The van der Waals surface area contributed by atoms with Crippen LogP contribution in [0.25, 0.3) is 0 Å². The molecule has 104 valence electrons. The van der Waals surface area contributed by atoms with Crippen LogP contribution in [0.1, 0.15) is 24.8 Å². The number of benzene rings is 1. The molecule has 1 aromatic rings. The topological polar surface area (TPSA) is 53.7 Å². The van der Waals surface area contributed by atoms with E-state index in [9.17, 15) is 0 Å². The fourth-order valence-electron chi connectivity index (χ4n) is 2.68. The second-order valence-electron chi connectivity index (χ2n) is 5.48. The summed E-state index contributed by atoms with van der Waals surface area (Å²) in [7, 11) is 0. The summed E-state index contributed by atoms with van der Waals surface area (Å²) in [6.45, 7) is 2.98. The van der Waals surface area contributed by atoms with Crippen LogP contribution in [0.15, 0.2) is 18.2 Å². The lowest BCUT2D eigenvalue weighted by Crippen LogP contribution is -2.46. The molecule has 1 fully saturated rings. The van der Waals surface area contributed by atoms with Gasteiger partial charge in [-0.1, -0.05) is 6.07 Å². The van der Waals surface area contributed by atoms with Crippen molar-refractivity contribution in [1.82, 2.24) is 0 Å². The van der Waals surface area contributed by atoms with Gasteiger partial charge in [0.25, 0.3) is 0 Å². The zero-order valence-electron chi connectivity index (χ0n) is 11.2. The molecular weight excluding hydrogens is 242 g/mol. The third kappa shape index (κ3) is 3.01. The lowest BCUT2D eigenvalue weighted by atomic mass is 9.85. The van der Waals surface area contributed by atoms with Crippen molar-refractivity contribution in [3.8, 4) is 11.5 Å². The molecule has 4 heteroatoms. The average Bonchev–Trinajstić information content (AvgIpc) is 2.64. The van der Waals surface area contributed by atoms with E-state index in [0.29, 0.717) is 0 Å². The molecule has 2 heterocycles. The molecular formula is C15H21NO3. The highest BCUT2D eigenvalue weighted by Crippen LogP contribution is 2.32. The van der Waals surface area contributed by atoms with Crippen LogP contribution >= 0.6 is 0 Å². The fraction of sp³-hybridized carbons (Fsp3) is 0.600. The van der Waals surface area contributed by atoms with Crippen molar-refractivity contribution in [2.75, 3.05) is 26.4 Å². The van der Waals surface area contributed by atoms with Gasteiger partial charge in [0.15, 0.2) is 11.5 Å². The number of ether oxygens (including phenoxy) is 3. The smallest absolute Gasteiger partial charge is 0.161 e. The Hall–Kier alpha value is -1.26. The van der Waals surface area contributed by atoms with Crippen LogP contribution < -0.4 is 15.2 Å². The van der Waals surface area contributed by atoms with E-state index in [0.717, 1.165) is 63.6 Å². The molecule has 0 bridgehead atoms. The summed E-state index contributed by atoms with van der Waals surface area (Å²) in [4.78, 5) is 0. The normalized spacial score (nSPS) is 21.7. The second-order valence-corrected chi connectivity index (χ2v) is 5.48. The van der Waals surface area contributed by atoms with Crippen LogP contribution in [0.5, 0.6) is 11.5 Å². The first-order valence-electron chi connectivity index (χ1n) is 7.00. The Kier molecular flexibility index (Phi) is 3.62. The van der Waals surface area contributed by atoms with Crippen molar-refractivity contribution in [2.24, 2.45) is 5.73 Å². The highest BCUT2D eigenvalue weighted by molar-refractivity contribution is 5.43. The van der Waals surface area contributed by atoms with E-state index in [2.05, 4.69) is 12.1 Å². The predicted molar refractivity (Wildman–Crippen MR) is 72.7 cm³/mol. The van der Waals surface area contributed by atoms with Crippen LogP contribution in [0.2, 0.25) is 0 Å². The molecule has 0 atom stereocenters. The molecule has 0 aromatic heterocycles. The Morgan fingerprint density at radius 2 is 1.74 bits per heavy atom. The molecule has 0 unspecified atom stereocenters. The second kappa shape index (κ2) is 5.39. The summed E-state index contributed by atoms with van der Waals surface area (Å²) in [6, 6.07) is 6.17. The largest absolute Gasteiger partial charge is 0.490 e. The number of nitrogens with two attached hydrogens (primary N) is 1. The van der Waals surface area contributed by atoms with Crippen LogP contribution in [0.3, 0.4) is 0 Å². The molecule has 19 heavy (non-hydrogen) atoms. The summed E-state index contributed by atoms with van der Waals surface area (Å²) < 4.78 is 16.7. The predicted octanol–water partition coefficient (Wildman–Crippen LogP) is 1.90. The van der Waals surface area contributed by atoms with Gasteiger partial charge in [-0.2, -0.15) is 0 Å². The third-order valence-corrected chi connectivity index (χ3v) is 3.86. The van der Waals surface area contributed by atoms with Crippen molar-refractivity contribution in [1.29, 1.82) is 0 Å². The first-order chi connectivity index (χ1) is 9.25. The van der Waals surface area contributed by atoms with Crippen molar-refractivity contribution in [3.05, 3.63) is 23.8 Å². The van der Waals surface area contributed by atoms with Gasteiger partial charge in [0.2, 0.25) is 0 Å². The quantitative estimate of drug-likeness (QED) is 0.885. The van der Waals surface area contributed by atoms with E-state index >= 15 is 0 Å². The van der Waals surface area contributed by atoms with E-state index < -0.39 is 0 Å². The minimum absolute atomic E-state index is 0.141. The van der Waals surface area contributed by atoms with Gasteiger partial charge in [0.05, 0.1) is 13.2 Å². The molecule has 4 nitrogen and oxygen atoms in total. The molecule has 3 rings (SSSR count). The standard InChI is InChI=1S/C15H21NO3/c16-15(4-8-17-9-5-15)11-12-2-3-13-14(10-12)19-7-1-6-18-13/h2-3,10H,1,4-9,11,16H2. The van der Waals surface area contributed by atoms with Gasteiger partial charge in [-0.15, -0.1) is 0 Å². The number of hydrogen-bond acceptors (Lipinski definition) is 4. The Morgan fingerprint density at radius 3 is 2.53 bits per heavy atom. The van der Waals surface area contributed by atoms with Crippen molar-refractivity contribution >= 4 is 0 Å². The molecule has 2 N–H and O–H groups in total. The van der Waals surface area contributed by atoms with Crippen LogP contribution in [0, 0.1) is 0 Å². The van der Waals surface area contributed by atoms with Gasteiger partial charge in [0.1, 0.15) is 0 Å². The fourth-order valence-corrected chi connectivity index (χ4v) is 2.68. The highest BCUT2D eigenvalue weighted by atomic mass is 16.5. The summed E-state index contributed by atoms with van der Waals surface area (Å²) in [5.74, 6) is 1.70. The maximum absolute atomic E-state index is 6.45. The SMILES string of the molecule is NC1(Cc2ccc3c(c2)OCCCO3)CCOCC1. The van der Waals surface area contributed by atoms with E-state index in [1.54, 1.807) is 0 Å². The Morgan fingerprint density at radius 1 is 1.00 bits per heavy atom. The molecule has 0 amide bonds. The first-order valence-corrected chi connectivity index (χ1v) is 7.00. The molecule has 0 aliphatic carbocycles. The highest BCUT2D eigenvalue weighted by Gasteiger charge is 2.28. The Labute approximate surface area is 113 Å². The summed E-state index contributed by atoms with van der Waals surface area (Å²) in [6.07, 6.45) is 3.64. The number of fused-ring (bicyclic) bond motifs is 1. The maximum atomic E-state index is 6.45. The van der Waals surface area contributed by atoms with Gasteiger partial charge in [-0.25, -0.2) is 0 Å². The van der Waals surface area contributed by atoms with Gasteiger partial charge < -0.3 is 19.9 Å². The Bertz CT molecular complexity index is 441. The number of rotatable bonds is 2. The first kappa shape index (κ1) is 12.8. The summed E-state index contributed by atoms with van der Waals surface area (Å²) in [5.41, 5.74) is 7.52. The molecule has 1 saturated heterocycles. The van der Waals surface area contributed by atoms with Crippen molar-refractivity contribution in [2.45, 2.75) is 31.2 Å². The molecule has 2 aliphatic rings. The molecule has 0 radical (unpaired) electrons. The summed E-state index contributed by atoms with van der Waals surface area (Å²) in [5, 5.41) is 0. The Balaban J connectivity index is 1.76. The summed E-state index contributed by atoms with van der Waals surface area (Å²) >= 11 is 0. The monoisotopic (exact) mass is 263 g/mol. The van der Waals surface area contributed by atoms with Gasteiger partial charge in [0, 0.05) is 25.2 Å². The number of hydrogen-bond donors (Lipinski definition) is 1. The molecule has 0 spiro atoms. The van der Waals surface area contributed by atoms with E-state index in [4.69, 9.17) is 19.9 Å². The molecule has 2 aliphatic heterocycles. The van der Waals surface area contributed by atoms with Gasteiger partial charge in [-0.3, -0.25) is 0 Å². The third-order valence-electron chi connectivity index (χ3n) is 3.86. The van der Waals surface area contributed by atoms with E-state index in [1.807, 2.05) is 6.07 Å². The zero-order chi connectivity index (χ0) is 13.1. The van der Waals surface area contributed by atoms with Crippen molar-refractivity contribution in [3.63, 3.8) is 0 Å². The lowest BCUT2D eigenvalue weighted by Gasteiger charge is -2.33. The van der Waals surface area contributed by atoms with Crippen molar-refractivity contribution < 1.29 is 14.2 Å².